The topological polar surface area (TPSA) is 77.8 Å². The Morgan fingerprint density at radius 2 is 1.63 bits per heavy atom. The Bertz CT molecular complexity index is 1170. The van der Waals surface area contributed by atoms with Crippen LogP contribution in [0.3, 0.4) is 0 Å². The van der Waals surface area contributed by atoms with E-state index in [4.69, 9.17) is 11.6 Å². The van der Waals surface area contributed by atoms with Gasteiger partial charge in [-0.1, -0.05) is 59.6 Å². The largest absolute Gasteiger partial charge is 0.508 e. The molecule has 1 fully saturated rings. The fourth-order valence-electron chi connectivity index (χ4n) is 3.56. The third kappa shape index (κ3) is 3.44. The summed E-state index contributed by atoms with van der Waals surface area (Å²) in [5.74, 6) is -1.75. The Hall–Kier alpha value is -3.57. The average molecular weight is 420 g/mol. The van der Waals surface area contributed by atoms with Gasteiger partial charge in [-0.3, -0.25) is 14.5 Å². The molecule has 3 aromatic carbocycles. The molecular formula is C24H18ClNO4. The normalized spacial score (nSPS) is 18.1. The average Bonchev–Trinajstić information content (AvgIpc) is 2.99. The predicted molar refractivity (Wildman–Crippen MR) is 116 cm³/mol. The van der Waals surface area contributed by atoms with Crippen LogP contribution in [0.5, 0.6) is 5.75 Å². The molecule has 0 aromatic heterocycles. The minimum atomic E-state index is -0.870. The second-order valence-corrected chi connectivity index (χ2v) is 7.54. The molecule has 0 aliphatic carbocycles. The van der Waals surface area contributed by atoms with Crippen molar-refractivity contribution < 1.29 is 19.8 Å². The molecule has 4 rings (SSSR count). The van der Waals surface area contributed by atoms with Gasteiger partial charge < -0.3 is 10.2 Å². The lowest BCUT2D eigenvalue weighted by Crippen LogP contribution is -2.29. The van der Waals surface area contributed by atoms with Crippen LogP contribution in [0.15, 0.2) is 78.4 Å². The number of phenolic OH excluding ortho intramolecular Hbond substituents is 1. The van der Waals surface area contributed by atoms with Crippen molar-refractivity contribution in [2.45, 2.75) is 13.0 Å². The molecule has 1 atom stereocenters. The molecule has 3 aromatic rings. The van der Waals surface area contributed by atoms with Gasteiger partial charge >= 0.3 is 0 Å². The second kappa shape index (κ2) is 7.69. The molecule has 150 valence electrons. The van der Waals surface area contributed by atoms with Crippen LogP contribution >= 0.6 is 11.6 Å². The molecule has 1 aliphatic heterocycles. The van der Waals surface area contributed by atoms with E-state index < -0.39 is 17.7 Å². The van der Waals surface area contributed by atoms with Gasteiger partial charge in [-0.25, -0.2) is 0 Å². The number of benzene rings is 3. The summed E-state index contributed by atoms with van der Waals surface area (Å²) >= 11 is 6.11. The fourth-order valence-corrected chi connectivity index (χ4v) is 3.75. The van der Waals surface area contributed by atoms with Gasteiger partial charge in [0.25, 0.3) is 11.7 Å². The maximum atomic E-state index is 13.0. The van der Waals surface area contributed by atoms with Crippen LogP contribution < -0.4 is 4.90 Å². The van der Waals surface area contributed by atoms with Crippen LogP contribution in [0.2, 0.25) is 5.02 Å². The van der Waals surface area contributed by atoms with Crippen LogP contribution in [0.1, 0.15) is 22.7 Å². The summed E-state index contributed by atoms with van der Waals surface area (Å²) in [6, 6.07) is 19.0. The third-order valence-corrected chi connectivity index (χ3v) is 5.30. The Morgan fingerprint density at radius 1 is 0.967 bits per heavy atom. The summed E-state index contributed by atoms with van der Waals surface area (Å²) in [5, 5.41) is 21.1. The summed E-state index contributed by atoms with van der Waals surface area (Å²) in [6.07, 6.45) is 0. The number of carbonyl (C=O) groups excluding carboxylic acids is 2. The first-order valence-corrected chi connectivity index (χ1v) is 9.67. The predicted octanol–water partition coefficient (Wildman–Crippen LogP) is 4.98. The molecule has 30 heavy (non-hydrogen) atoms. The maximum absolute atomic E-state index is 13.0. The molecule has 2 N–H and O–H groups in total. The van der Waals surface area contributed by atoms with E-state index in [0.29, 0.717) is 21.8 Å². The van der Waals surface area contributed by atoms with Crippen molar-refractivity contribution in [2.75, 3.05) is 4.90 Å². The van der Waals surface area contributed by atoms with Crippen molar-refractivity contribution in [1.82, 2.24) is 0 Å². The molecule has 1 saturated heterocycles. The van der Waals surface area contributed by atoms with Crippen LogP contribution in [-0.2, 0) is 9.59 Å². The lowest BCUT2D eigenvalue weighted by Gasteiger charge is -2.25. The first kappa shape index (κ1) is 19.7. The highest BCUT2D eigenvalue weighted by Crippen LogP contribution is 2.42. The van der Waals surface area contributed by atoms with Crippen LogP contribution in [0, 0.1) is 6.92 Å². The van der Waals surface area contributed by atoms with Crippen LogP contribution in [-0.4, -0.2) is 21.9 Å². The molecule has 5 nitrogen and oxygen atoms in total. The molecule has 0 radical (unpaired) electrons. The molecule has 1 amide bonds. The first-order valence-electron chi connectivity index (χ1n) is 9.29. The Balaban J connectivity index is 1.95. The number of aromatic hydroxyl groups is 1. The number of phenols is 1. The number of hydrogen-bond acceptors (Lipinski definition) is 4. The van der Waals surface area contributed by atoms with Crippen molar-refractivity contribution in [2.24, 2.45) is 0 Å². The van der Waals surface area contributed by atoms with Gasteiger partial charge in [-0.15, -0.1) is 0 Å². The summed E-state index contributed by atoms with van der Waals surface area (Å²) in [4.78, 5) is 27.3. The number of amides is 1. The number of aryl methyl sites for hydroxylation is 1. The highest BCUT2D eigenvalue weighted by Gasteiger charge is 2.47. The minimum absolute atomic E-state index is 0.0190. The van der Waals surface area contributed by atoms with Gasteiger partial charge in [-0.2, -0.15) is 0 Å². The minimum Gasteiger partial charge on any atom is -0.508 e. The Kier molecular flexibility index (Phi) is 5.06. The van der Waals surface area contributed by atoms with E-state index in [1.165, 1.54) is 17.0 Å². The van der Waals surface area contributed by atoms with Gasteiger partial charge in [0.05, 0.1) is 11.6 Å². The first-order chi connectivity index (χ1) is 14.4. The highest BCUT2D eigenvalue weighted by atomic mass is 35.5. The third-order valence-electron chi connectivity index (χ3n) is 5.06. The van der Waals surface area contributed by atoms with E-state index in [9.17, 15) is 19.8 Å². The number of aliphatic hydroxyl groups excluding tert-OH is 1. The molecular weight excluding hydrogens is 402 g/mol. The van der Waals surface area contributed by atoms with Gasteiger partial charge in [0.1, 0.15) is 11.5 Å². The molecule has 1 unspecified atom stereocenters. The number of aliphatic hydroxyl groups is 1. The zero-order valence-electron chi connectivity index (χ0n) is 16.0. The Morgan fingerprint density at radius 3 is 2.27 bits per heavy atom. The van der Waals surface area contributed by atoms with Crippen LogP contribution in [0.25, 0.3) is 5.76 Å². The molecule has 0 saturated carbocycles. The van der Waals surface area contributed by atoms with Crippen LogP contribution in [0.4, 0.5) is 5.69 Å². The van der Waals surface area contributed by atoms with E-state index in [1.54, 1.807) is 48.5 Å². The SMILES string of the molecule is Cc1ccc(/C(O)=C2\C(=O)C(=O)N(c3cccc(Cl)c3)C2c2ccc(O)cc2)cc1. The number of hydrogen-bond donors (Lipinski definition) is 2. The monoisotopic (exact) mass is 419 g/mol. The van der Waals surface area contributed by atoms with Crippen molar-refractivity contribution in [3.63, 3.8) is 0 Å². The smallest absolute Gasteiger partial charge is 0.300 e. The van der Waals surface area contributed by atoms with Crippen molar-refractivity contribution in [3.8, 4) is 5.75 Å². The lowest BCUT2D eigenvalue weighted by atomic mass is 9.95. The summed E-state index contributed by atoms with van der Waals surface area (Å²) in [7, 11) is 0. The van der Waals surface area contributed by atoms with E-state index in [-0.39, 0.29) is 17.1 Å². The number of ketones is 1. The second-order valence-electron chi connectivity index (χ2n) is 7.11. The van der Waals surface area contributed by atoms with Gasteiger partial charge in [0.2, 0.25) is 0 Å². The molecule has 0 bridgehead atoms. The number of carbonyl (C=O) groups is 2. The lowest BCUT2D eigenvalue weighted by molar-refractivity contribution is -0.132. The van der Waals surface area contributed by atoms with Gasteiger partial charge in [0.15, 0.2) is 0 Å². The molecule has 1 aliphatic rings. The molecule has 1 heterocycles. The van der Waals surface area contributed by atoms with E-state index in [2.05, 4.69) is 0 Å². The summed E-state index contributed by atoms with van der Waals surface area (Å²) < 4.78 is 0. The summed E-state index contributed by atoms with van der Waals surface area (Å²) in [5.41, 5.74) is 2.43. The molecule has 6 heteroatoms. The zero-order valence-corrected chi connectivity index (χ0v) is 16.8. The standard InChI is InChI=1S/C24H18ClNO4/c1-14-5-7-16(8-6-14)22(28)20-21(15-9-11-19(27)12-10-15)26(24(30)23(20)29)18-4-2-3-17(25)13-18/h2-13,21,27-28H,1H3/b22-20+. The highest BCUT2D eigenvalue weighted by molar-refractivity contribution is 6.51. The van der Waals surface area contributed by atoms with Crippen molar-refractivity contribution in [1.29, 1.82) is 0 Å². The van der Waals surface area contributed by atoms with E-state index >= 15 is 0 Å². The number of rotatable bonds is 3. The maximum Gasteiger partial charge on any atom is 0.300 e. The van der Waals surface area contributed by atoms with Gasteiger partial charge in [0, 0.05) is 16.3 Å². The molecule has 0 spiro atoms. The zero-order chi connectivity index (χ0) is 21.4. The van der Waals surface area contributed by atoms with Gasteiger partial charge in [-0.05, 0) is 42.8 Å². The fraction of sp³-hybridized carbons (Fsp3) is 0.0833. The number of halogens is 1. The summed E-state index contributed by atoms with van der Waals surface area (Å²) in [6.45, 7) is 1.92. The van der Waals surface area contributed by atoms with E-state index in [0.717, 1.165) is 5.56 Å². The Labute approximate surface area is 178 Å². The number of Topliss-reactive ketones (excluding diaryl/α,β-unsaturated/α-hetero) is 1. The number of anilines is 1. The quantitative estimate of drug-likeness (QED) is 0.356. The van der Waals surface area contributed by atoms with Crippen molar-refractivity contribution in [3.05, 3.63) is 100 Å². The number of nitrogens with zero attached hydrogens (tertiary/aromatic N) is 1. The van der Waals surface area contributed by atoms with E-state index in [1.807, 2.05) is 19.1 Å². The van der Waals surface area contributed by atoms with Crippen molar-refractivity contribution >= 4 is 34.7 Å².